The number of halogens is 1. The second-order valence-corrected chi connectivity index (χ2v) is 9.48. The molecule has 6 heteroatoms. The van der Waals surface area contributed by atoms with Gasteiger partial charge in [-0.05, 0) is 43.2 Å². The molecule has 1 saturated heterocycles. The molecule has 34 heavy (non-hydrogen) atoms. The monoisotopic (exact) mass is 470 g/mol. The van der Waals surface area contributed by atoms with Gasteiger partial charge in [-0.2, -0.15) is 5.26 Å². The van der Waals surface area contributed by atoms with Crippen LogP contribution in [0.15, 0.2) is 66.7 Å². The molecule has 3 aromatic carbocycles. The number of aryl methyl sites for hydroxylation is 1. The fourth-order valence-electron chi connectivity index (χ4n) is 4.67. The second kappa shape index (κ2) is 9.87. The van der Waals surface area contributed by atoms with Crippen LogP contribution < -0.4 is 4.90 Å². The van der Waals surface area contributed by atoms with Crippen molar-refractivity contribution in [3.8, 4) is 6.07 Å². The summed E-state index contributed by atoms with van der Waals surface area (Å²) in [7, 11) is 0. The Morgan fingerprint density at radius 3 is 2.56 bits per heavy atom. The van der Waals surface area contributed by atoms with E-state index in [1.165, 1.54) is 11.1 Å². The van der Waals surface area contributed by atoms with E-state index in [2.05, 4.69) is 51.9 Å². The van der Waals surface area contributed by atoms with Crippen LogP contribution >= 0.6 is 11.6 Å². The minimum atomic E-state index is -1.05. The van der Waals surface area contributed by atoms with Gasteiger partial charge in [-0.3, -0.25) is 4.90 Å². The van der Waals surface area contributed by atoms with Gasteiger partial charge in [0.2, 0.25) is 0 Å². The summed E-state index contributed by atoms with van der Waals surface area (Å²) in [6, 6.07) is 23.3. The van der Waals surface area contributed by atoms with Crippen LogP contribution in [-0.2, 0) is 5.60 Å². The molecule has 3 aromatic rings. The Morgan fingerprint density at radius 1 is 1.15 bits per heavy atom. The van der Waals surface area contributed by atoms with E-state index in [9.17, 15) is 10.4 Å². The molecule has 172 valence electrons. The van der Waals surface area contributed by atoms with Gasteiger partial charge in [-0.15, -0.1) is 0 Å². The second-order valence-electron chi connectivity index (χ2n) is 9.07. The van der Waals surface area contributed by atoms with Crippen molar-refractivity contribution in [1.29, 1.82) is 5.26 Å². The lowest BCUT2D eigenvalue weighted by Gasteiger charge is -2.45. The number of anilines is 1. The lowest BCUT2D eigenvalue weighted by atomic mass is 9.93. The van der Waals surface area contributed by atoms with Crippen molar-refractivity contribution >= 4 is 23.0 Å². The predicted octanol–water partition coefficient (Wildman–Crippen LogP) is 5.84. The summed E-state index contributed by atoms with van der Waals surface area (Å²) in [6.07, 6.45) is 0. The molecule has 0 unspecified atom stereocenters. The minimum Gasteiger partial charge on any atom is -0.384 e. The van der Waals surface area contributed by atoms with Crippen molar-refractivity contribution in [3.63, 3.8) is 0 Å². The van der Waals surface area contributed by atoms with Crippen LogP contribution in [0, 0.1) is 24.8 Å². The van der Waals surface area contributed by atoms with Gasteiger partial charge < -0.3 is 10.0 Å². The van der Waals surface area contributed by atoms with Gasteiger partial charge in [0.15, 0.2) is 5.69 Å². The van der Waals surface area contributed by atoms with Crippen LogP contribution in [0.2, 0.25) is 5.02 Å². The molecule has 4 rings (SSSR count). The maximum Gasteiger partial charge on any atom is 0.187 e. The summed E-state index contributed by atoms with van der Waals surface area (Å²) in [5.41, 5.74) is 4.13. The van der Waals surface area contributed by atoms with Crippen LogP contribution in [0.1, 0.15) is 35.2 Å². The first-order valence-corrected chi connectivity index (χ1v) is 11.6. The topological polar surface area (TPSA) is 54.9 Å². The zero-order chi connectivity index (χ0) is 24.3. The molecule has 1 heterocycles. The Balaban J connectivity index is 1.62. The zero-order valence-corrected chi connectivity index (χ0v) is 20.1. The van der Waals surface area contributed by atoms with Crippen molar-refractivity contribution < 1.29 is 5.11 Å². The number of hydrogen-bond acceptors (Lipinski definition) is 4. The predicted molar refractivity (Wildman–Crippen MR) is 136 cm³/mol. The minimum absolute atomic E-state index is 0.0411. The van der Waals surface area contributed by atoms with Crippen LogP contribution in [-0.4, -0.2) is 36.2 Å². The molecule has 2 atom stereocenters. The lowest BCUT2D eigenvalue weighted by molar-refractivity contribution is 0.0103. The molecule has 0 aromatic heterocycles. The summed E-state index contributed by atoms with van der Waals surface area (Å²) in [6.45, 7) is 13.7. The van der Waals surface area contributed by atoms with Crippen molar-refractivity contribution in [2.24, 2.45) is 0 Å². The smallest absolute Gasteiger partial charge is 0.187 e. The Kier molecular flexibility index (Phi) is 6.91. The fraction of sp³-hybridized carbons (Fsp3) is 0.286. The summed E-state index contributed by atoms with van der Waals surface area (Å²) in [5, 5.41) is 21.1. The number of piperazine rings is 1. The van der Waals surface area contributed by atoms with E-state index in [1.807, 2.05) is 25.1 Å². The van der Waals surface area contributed by atoms with Crippen molar-refractivity contribution in [2.45, 2.75) is 25.5 Å². The van der Waals surface area contributed by atoms with Crippen LogP contribution in [0.4, 0.5) is 11.4 Å². The zero-order valence-electron chi connectivity index (χ0n) is 19.4. The maximum atomic E-state index is 11.3. The number of aliphatic hydroxyl groups is 1. The maximum absolute atomic E-state index is 11.3. The number of nitrogens with zero attached hydrogens (tertiary/aromatic N) is 4. The highest BCUT2D eigenvalue weighted by molar-refractivity contribution is 6.33. The van der Waals surface area contributed by atoms with Gasteiger partial charge >= 0.3 is 0 Å². The third-order valence-corrected chi connectivity index (χ3v) is 6.73. The number of β-amino-alcohol motifs (C(OH)–C–C–N with tert-alkyl or cyclic N) is 1. The Hall–Kier alpha value is -3.35. The first kappa shape index (κ1) is 23.8. The van der Waals surface area contributed by atoms with E-state index in [1.54, 1.807) is 24.3 Å². The molecule has 1 aliphatic rings. The molecule has 5 nitrogen and oxygen atoms in total. The van der Waals surface area contributed by atoms with Crippen LogP contribution in [0.5, 0.6) is 0 Å². The molecule has 0 spiro atoms. The quantitative estimate of drug-likeness (QED) is 0.476. The molecular weight excluding hydrogens is 444 g/mol. The fourth-order valence-corrected chi connectivity index (χ4v) is 4.95. The highest BCUT2D eigenvalue weighted by Gasteiger charge is 2.34. The van der Waals surface area contributed by atoms with Crippen molar-refractivity contribution in [2.75, 3.05) is 31.1 Å². The highest BCUT2D eigenvalue weighted by atomic mass is 35.5. The summed E-state index contributed by atoms with van der Waals surface area (Å²) < 4.78 is 0. The van der Waals surface area contributed by atoms with Crippen LogP contribution in [0.25, 0.3) is 4.85 Å². The highest BCUT2D eigenvalue weighted by Crippen LogP contribution is 2.37. The van der Waals surface area contributed by atoms with Crippen LogP contribution in [0.3, 0.4) is 0 Å². The number of nitriles is 1. The van der Waals surface area contributed by atoms with E-state index in [4.69, 9.17) is 18.2 Å². The van der Waals surface area contributed by atoms with E-state index in [-0.39, 0.29) is 6.04 Å². The van der Waals surface area contributed by atoms with Crippen molar-refractivity contribution in [3.05, 3.63) is 105 Å². The molecule has 1 N–H and O–H groups in total. The standard InChI is InChI=1S/C28H27ClN4O/c1-20-5-4-6-22(15-20)27-18-32(19-28(2,34)23-8-10-24(31-3)11-9-23)13-14-33(27)26-12-7-21(17-30)16-25(26)29/h4-12,15-16,27,34H,13-14,18-19H2,1-2H3/t27-,28+/m0/s1. The van der Waals surface area contributed by atoms with Gasteiger partial charge in [0, 0.05) is 26.2 Å². The third-order valence-electron chi connectivity index (χ3n) is 6.43. The average Bonchev–Trinajstić information content (AvgIpc) is 2.84. The number of benzene rings is 3. The Morgan fingerprint density at radius 2 is 1.91 bits per heavy atom. The van der Waals surface area contributed by atoms with E-state index in [0.29, 0.717) is 22.8 Å². The van der Waals surface area contributed by atoms with E-state index < -0.39 is 5.60 Å². The van der Waals surface area contributed by atoms with E-state index in [0.717, 1.165) is 30.9 Å². The molecule has 0 bridgehead atoms. The molecule has 1 aliphatic heterocycles. The summed E-state index contributed by atoms with van der Waals surface area (Å²) >= 11 is 6.61. The molecule has 0 saturated carbocycles. The first-order valence-electron chi connectivity index (χ1n) is 11.3. The largest absolute Gasteiger partial charge is 0.384 e. The molecule has 0 aliphatic carbocycles. The number of hydrogen-bond donors (Lipinski definition) is 1. The lowest BCUT2D eigenvalue weighted by Crippen LogP contribution is -2.52. The third kappa shape index (κ3) is 5.08. The average molecular weight is 471 g/mol. The van der Waals surface area contributed by atoms with Gasteiger partial charge in [-0.25, -0.2) is 4.85 Å². The molecule has 1 fully saturated rings. The molecule has 0 amide bonds. The molecule has 0 radical (unpaired) electrons. The van der Waals surface area contributed by atoms with E-state index >= 15 is 0 Å². The van der Waals surface area contributed by atoms with Gasteiger partial charge in [0.25, 0.3) is 0 Å². The molecular formula is C28H27ClN4O. The van der Waals surface area contributed by atoms with Gasteiger partial charge in [0.05, 0.1) is 40.6 Å². The Bertz CT molecular complexity index is 1260. The Labute approximate surface area is 206 Å². The summed E-state index contributed by atoms with van der Waals surface area (Å²) in [5.74, 6) is 0. The SMILES string of the molecule is [C-]#[N+]c1ccc([C@](C)(O)CN2CCN(c3ccc(C#N)cc3Cl)[C@H](c3cccc(C)c3)C2)cc1. The van der Waals surface area contributed by atoms with Crippen molar-refractivity contribution in [1.82, 2.24) is 4.90 Å². The van der Waals surface area contributed by atoms with Gasteiger partial charge in [-0.1, -0.05) is 65.7 Å². The first-order chi connectivity index (χ1) is 16.3. The normalized spacial score (nSPS) is 18.1. The summed E-state index contributed by atoms with van der Waals surface area (Å²) in [4.78, 5) is 8.02. The van der Waals surface area contributed by atoms with Gasteiger partial charge in [0.1, 0.15) is 0 Å². The number of rotatable bonds is 5.